The fourth-order valence-corrected chi connectivity index (χ4v) is 2.91. The molecule has 0 aromatic carbocycles. The van der Waals surface area contributed by atoms with Gasteiger partial charge in [-0.15, -0.1) is 0 Å². The van der Waals surface area contributed by atoms with Crippen LogP contribution < -0.4 is 5.32 Å². The summed E-state index contributed by atoms with van der Waals surface area (Å²) in [6.45, 7) is 17.5. The Bertz CT molecular complexity index is 213. The molecule has 1 atom stereocenters. The fraction of sp³-hybridized carbons (Fsp3) is 1.00. The smallest absolute Gasteiger partial charge is 0.0304 e. The number of piperazine rings is 1. The van der Waals surface area contributed by atoms with Gasteiger partial charge in [-0.1, -0.05) is 41.5 Å². The second-order valence-corrected chi connectivity index (χ2v) is 6.31. The van der Waals surface area contributed by atoms with E-state index in [1.54, 1.807) is 0 Å². The highest BCUT2D eigenvalue weighted by Crippen LogP contribution is 2.30. The molecule has 2 heteroatoms. The van der Waals surface area contributed by atoms with Gasteiger partial charge in [0, 0.05) is 24.7 Å². The molecule has 0 aromatic heterocycles. The van der Waals surface area contributed by atoms with Crippen molar-refractivity contribution in [1.82, 2.24) is 10.2 Å². The van der Waals surface area contributed by atoms with Crippen LogP contribution in [0.5, 0.6) is 0 Å². The van der Waals surface area contributed by atoms with Crippen LogP contribution >= 0.6 is 0 Å². The molecule has 1 heterocycles. The molecule has 2 nitrogen and oxygen atoms in total. The quantitative estimate of drug-likeness (QED) is 0.796. The maximum absolute atomic E-state index is 3.81. The van der Waals surface area contributed by atoms with Gasteiger partial charge in [-0.25, -0.2) is 0 Å². The number of hydrogen-bond acceptors (Lipinski definition) is 2. The molecule has 1 unspecified atom stereocenters. The first-order chi connectivity index (χ1) is 7.38. The van der Waals surface area contributed by atoms with Crippen molar-refractivity contribution in [3.63, 3.8) is 0 Å². The standard InChI is InChI=1S/C14H30N2/c1-7-14(8-2)11-16(9-3)12(10-15-14)13(4,5)6/h12,15H,7-11H2,1-6H3. The van der Waals surface area contributed by atoms with Crippen molar-refractivity contribution < 1.29 is 0 Å². The largest absolute Gasteiger partial charge is 0.308 e. The summed E-state index contributed by atoms with van der Waals surface area (Å²) in [6.07, 6.45) is 2.47. The molecule has 0 amide bonds. The zero-order valence-corrected chi connectivity index (χ0v) is 12.1. The van der Waals surface area contributed by atoms with E-state index in [2.05, 4.69) is 51.8 Å². The lowest BCUT2D eigenvalue weighted by Gasteiger charge is -2.51. The molecule has 0 saturated carbocycles. The summed E-state index contributed by atoms with van der Waals surface area (Å²) < 4.78 is 0. The van der Waals surface area contributed by atoms with E-state index in [-0.39, 0.29) is 0 Å². The fourth-order valence-electron chi connectivity index (χ4n) is 2.91. The summed E-state index contributed by atoms with van der Waals surface area (Å²) in [5.41, 5.74) is 0.731. The van der Waals surface area contributed by atoms with Crippen LogP contribution in [0.4, 0.5) is 0 Å². The van der Waals surface area contributed by atoms with Gasteiger partial charge in [0.05, 0.1) is 0 Å². The number of rotatable bonds is 3. The number of nitrogens with one attached hydrogen (secondary N) is 1. The monoisotopic (exact) mass is 226 g/mol. The maximum Gasteiger partial charge on any atom is 0.0304 e. The molecule has 1 N–H and O–H groups in total. The molecule has 1 aliphatic rings. The van der Waals surface area contributed by atoms with E-state index in [1.165, 1.54) is 25.9 Å². The highest BCUT2D eigenvalue weighted by molar-refractivity contribution is 4.99. The lowest BCUT2D eigenvalue weighted by Crippen LogP contribution is -2.66. The van der Waals surface area contributed by atoms with Crippen LogP contribution in [0.3, 0.4) is 0 Å². The third-order valence-electron chi connectivity index (χ3n) is 4.38. The van der Waals surface area contributed by atoms with Crippen molar-refractivity contribution in [1.29, 1.82) is 0 Å². The van der Waals surface area contributed by atoms with Crippen molar-refractivity contribution in [2.75, 3.05) is 19.6 Å². The van der Waals surface area contributed by atoms with Crippen LogP contribution in [0, 0.1) is 5.41 Å². The van der Waals surface area contributed by atoms with Crippen LogP contribution in [0.15, 0.2) is 0 Å². The van der Waals surface area contributed by atoms with Crippen LogP contribution in [-0.4, -0.2) is 36.1 Å². The third kappa shape index (κ3) is 2.78. The van der Waals surface area contributed by atoms with Crippen molar-refractivity contribution in [2.45, 2.75) is 66.0 Å². The molecular formula is C14H30N2. The Morgan fingerprint density at radius 2 is 1.75 bits per heavy atom. The van der Waals surface area contributed by atoms with E-state index < -0.39 is 0 Å². The van der Waals surface area contributed by atoms with E-state index in [4.69, 9.17) is 0 Å². The van der Waals surface area contributed by atoms with Gasteiger partial charge in [0.15, 0.2) is 0 Å². The van der Waals surface area contributed by atoms with Gasteiger partial charge in [0.1, 0.15) is 0 Å². The minimum Gasteiger partial charge on any atom is -0.308 e. The van der Waals surface area contributed by atoms with E-state index in [1.807, 2.05) is 0 Å². The molecule has 0 bridgehead atoms. The molecule has 1 aliphatic heterocycles. The van der Waals surface area contributed by atoms with Crippen molar-refractivity contribution in [3.05, 3.63) is 0 Å². The third-order valence-corrected chi connectivity index (χ3v) is 4.38. The second kappa shape index (κ2) is 5.05. The van der Waals surface area contributed by atoms with E-state index in [0.717, 1.165) is 6.54 Å². The van der Waals surface area contributed by atoms with Gasteiger partial charge < -0.3 is 5.32 Å². The topological polar surface area (TPSA) is 15.3 Å². The highest BCUT2D eigenvalue weighted by atomic mass is 15.3. The van der Waals surface area contributed by atoms with Gasteiger partial charge >= 0.3 is 0 Å². The highest BCUT2D eigenvalue weighted by Gasteiger charge is 2.40. The molecule has 1 saturated heterocycles. The van der Waals surface area contributed by atoms with Crippen LogP contribution in [0.1, 0.15) is 54.4 Å². The Balaban J connectivity index is 2.78. The maximum atomic E-state index is 3.81. The molecular weight excluding hydrogens is 196 g/mol. The van der Waals surface area contributed by atoms with E-state index >= 15 is 0 Å². The summed E-state index contributed by atoms with van der Waals surface area (Å²) in [5, 5.41) is 3.81. The zero-order chi connectivity index (χ0) is 12.4. The van der Waals surface area contributed by atoms with E-state index in [9.17, 15) is 0 Å². The first-order valence-corrected chi connectivity index (χ1v) is 6.87. The molecule has 1 rings (SSSR count). The Morgan fingerprint density at radius 3 is 2.12 bits per heavy atom. The Labute approximate surface area is 102 Å². The molecule has 0 radical (unpaired) electrons. The van der Waals surface area contributed by atoms with Crippen molar-refractivity contribution >= 4 is 0 Å². The van der Waals surface area contributed by atoms with Gasteiger partial charge in [-0.2, -0.15) is 0 Å². The Hall–Kier alpha value is -0.0800. The van der Waals surface area contributed by atoms with Gasteiger partial charge in [0.25, 0.3) is 0 Å². The van der Waals surface area contributed by atoms with Crippen LogP contribution in [-0.2, 0) is 0 Å². The Morgan fingerprint density at radius 1 is 1.19 bits per heavy atom. The molecule has 0 aromatic rings. The zero-order valence-electron chi connectivity index (χ0n) is 12.1. The molecule has 16 heavy (non-hydrogen) atoms. The number of nitrogens with zero attached hydrogens (tertiary/aromatic N) is 1. The summed E-state index contributed by atoms with van der Waals surface area (Å²) >= 11 is 0. The number of likely N-dealkylation sites (N-methyl/N-ethyl adjacent to an activating group) is 1. The molecule has 0 spiro atoms. The van der Waals surface area contributed by atoms with Crippen LogP contribution in [0.25, 0.3) is 0 Å². The minimum atomic E-state index is 0.359. The average molecular weight is 226 g/mol. The first-order valence-electron chi connectivity index (χ1n) is 6.87. The van der Waals surface area contributed by atoms with Crippen molar-refractivity contribution in [2.24, 2.45) is 5.41 Å². The SMILES string of the molecule is CCN1CC(CC)(CC)NCC1C(C)(C)C. The van der Waals surface area contributed by atoms with Gasteiger partial charge in [-0.05, 0) is 24.8 Å². The summed E-state index contributed by atoms with van der Waals surface area (Å²) in [7, 11) is 0. The summed E-state index contributed by atoms with van der Waals surface area (Å²) in [4.78, 5) is 2.67. The molecule has 1 fully saturated rings. The lowest BCUT2D eigenvalue weighted by molar-refractivity contribution is 0.0227. The lowest BCUT2D eigenvalue weighted by atomic mass is 9.80. The number of hydrogen-bond donors (Lipinski definition) is 1. The van der Waals surface area contributed by atoms with Gasteiger partial charge in [0.2, 0.25) is 0 Å². The minimum absolute atomic E-state index is 0.359. The predicted molar refractivity (Wildman–Crippen MR) is 71.8 cm³/mol. The summed E-state index contributed by atoms with van der Waals surface area (Å²) in [6, 6.07) is 0.670. The first kappa shape index (κ1) is 14.0. The predicted octanol–water partition coefficient (Wildman–Crippen LogP) is 2.89. The van der Waals surface area contributed by atoms with Gasteiger partial charge in [-0.3, -0.25) is 4.90 Å². The van der Waals surface area contributed by atoms with E-state index in [0.29, 0.717) is 17.0 Å². The molecule has 96 valence electrons. The van der Waals surface area contributed by atoms with Crippen molar-refractivity contribution in [3.8, 4) is 0 Å². The second-order valence-electron chi connectivity index (χ2n) is 6.31. The van der Waals surface area contributed by atoms with Crippen LogP contribution in [0.2, 0.25) is 0 Å². The normalized spacial score (nSPS) is 27.0. The average Bonchev–Trinajstić information content (AvgIpc) is 2.26. The molecule has 0 aliphatic carbocycles. The summed E-state index contributed by atoms with van der Waals surface area (Å²) in [5.74, 6) is 0. The Kier molecular flexibility index (Phi) is 4.42.